The molecular formula is C14H20FNS. The van der Waals surface area contributed by atoms with Crippen molar-refractivity contribution in [1.29, 1.82) is 0 Å². The highest BCUT2D eigenvalue weighted by Gasteiger charge is 2.26. The summed E-state index contributed by atoms with van der Waals surface area (Å²) in [6, 6.07) is 5.93. The molecule has 1 heterocycles. The van der Waals surface area contributed by atoms with Gasteiger partial charge in [-0.05, 0) is 49.3 Å². The van der Waals surface area contributed by atoms with Crippen LogP contribution in [0.4, 0.5) is 4.39 Å². The van der Waals surface area contributed by atoms with Crippen LogP contribution in [0.15, 0.2) is 18.2 Å². The first kappa shape index (κ1) is 12.9. The molecule has 1 saturated heterocycles. The van der Waals surface area contributed by atoms with Crippen LogP contribution in [-0.4, -0.2) is 17.5 Å². The van der Waals surface area contributed by atoms with Crippen LogP contribution in [0, 0.1) is 12.7 Å². The molecule has 1 N–H and O–H groups in total. The van der Waals surface area contributed by atoms with Gasteiger partial charge in [0.05, 0.1) is 0 Å². The molecule has 0 saturated carbocycles. The zero-order valence-electron chi connectivity index (χ0n) is 10.5. The smallest absolute Gasteiger partial charge is 0.126 e. The van der Waals surface area contributed by atoms with Gasteiger partial charge in [0.25, 0.3) is 0 Å². The highest BCUT2D eigenvalue weighted by molar-refractivity contribution is 8.00. The molecule has 1 nitrogen and oxygen atoms in total. The molecule has 2 atom stereocenters. The van der Waals surface area contributed by atoms with Gasteiger partial charge in [0.2, 0.25) is 0 Å². The van der Waals surface area contributed by atoms with Crippen LogP contribution in [-0.2, 0) is 0 Å². The van der Waals surface area contributed by atoms with Gasteiger partial charge in [-0.3, -0.25) is 0 Å². The van der Waals surface area contributed by atoms with Crippen LogP contribution >= 0.6 is 11.8 Å². The average molecular weight is 253 g/mol. The highest BCUT2D eigenvalue weighted by atomic mass is 32.2. The summed E-state index contributed by atoms with van der Waals surface area (Å²) in [7, 11) is 0. The van der Waals surface area contributed by atoms with Crippen LogP contribution in [0.2, 0.25) is 0 Å². The van der Waals surface area contributed by atoms with Crippen molar-refractivity contribution in [3.8, 4) is 0 Å². The summed E-state index contributed by atoms with van der Waals surface area (Å²) in [5.74, 6) is 1.15. The quantitative estimate of drug-likeness (QED) is 0.878. The van der Waals surface area contributed by atoms with E-state index in [9.17, 15) is 4.39 Å². The van der Waals surface area contributed by atoms with Crippen molar-refractivity contribution >= 4 is 11.8 Å². The number of halogens is 1. The maximum atomic E-state index is 13.6. The normalized spacial score (nSPS) is 21.7. The summed E-state index contributed by atoms with van der Waals surface area (Å²) in [4.78, 5) is 0. The van der Waals surface area contributed by atoms with Crippen molar-refractivity contribution in [2.75, 3.05) is 12.3 Å². The topological polar surface area (TPSA) is 12.0 Å². The summed E-state index contributed by atoms with van der Waals surface area (Å²) in [5.41, 5.74) is 1.82. The summed E-state index contributed by atoms with van der Waals surface area (Å²) in [5, 5.41) is 4.09. The molecule has 1 aromatic rings. The molecule has 0 amide bonds. The van der Waals surface area contributed by atoms with Crippen molar-refractivity contribution in [3.63, 3.8) is 0 Å². The van der Waals surface area contributed by atoms with Gasteiger partial charge in [-0.1, -0.05) is 19.1 Å². The second kappa shape index (κ2) is 5.87. The number of aryl methyl sites for hydroxylation is 1. The molecule has 1 aromatic carbocycles. The number of rotatable bonds is 4. The van der Waals surface area contributed by atoms with E-state index in [1.165, 1.54) is 18.6 Å². The molecule has 0 radical (unpaired) electrons. The molecule has 1 aliphatic heterocycles. The molecule has 94 valence electrons. The van der Waals surface area contributed by atoms with Gasteiger partial charge in [0.15, 0.2) is 0 Å². The Labute approximate surface area is 107 Å². The molecule has 17 heavy (non-hydrogen) atoms. The fourth-order valence-corrected chi connectivity index (χ4v) is 3.77. The van der Waals surface area contributed by atoms with Crippen LogP contribution < -0.4 is 5.32 Å². The van der Waals surface area contributed by atoms with E-state index in [-0.39, 0.29) is 5.82 Å². The van der Waals surface area contributed by atoms with Gasteiger partial charge < -0.3 is 5.32 Å². The third-order valence-corrected chi connectivity index (χ3v) is 4.78. The zero-order chi connectivity index (χ0) is 12.3. The van der Waals surface area contributed by atoms with Crippen LogP contribution in [0.1, 0.15) is 36.9 Å². The minimum absolute atomic E-state index is 0.0894. The maximum absolute atomic E-state index is 13.6. The molecule has 0 aliphatic carbocycles. The van der Waals surface area contributed by atoms with E-state index in [1.807, 2.05) is 24.8 Å². The summed E-state index contributed by atoms with van der Waals surface area (Å²) < 4.78 is 13.6. The first-order chi connectivity index (χ1) is 8.22. The van der Waals surface area contributed by atoms with Gasteiger partial charge in [-0.15, -0.1) is 0 Å². The van der Waals surface area contributed by atoms with Crippen molar-refractivity contribution in [2.24, 2.45) is 0 Å². The zero-order valence-corrected chi connectivity index (χ0v) is 11.3. The van der Waals surface area contributed by atoms with E-state index in [4.69, 9.17) is 0 Å². The van der Waals surface area contributed by atoms with E-state index in [0.717, 1.165) is 17.7 Å². The lowest BCUT2D eigenvalue weighted by molar-refractivity contribution is 0.514. The predicted octanol–water partition coefficient (Wildman–Crippen LogP) is 3.68. The van der Waals surface area contributed by atoms with E-state index in [0.29, 0.717) is 11.3 Å². The van der Waals surface area contributed by atoms with Crippen LogP contribution in [0.25, 0.3) is 0 Å². The Hall–Kier alpha value is -0.540. The summed E-state index contributed by atoms with van der Waals surface area (Å²) in [6.45, 7) is 4.85. The van der Waals surface area contributed by atoms with Gasteiger partial charge >= 0.3 is 0 Å². The number of hydrogen-bond acceptors (Lipinski definition) is 2. The molecular weight excluding hydrogens is 233 g/mol. The van der Waals surface area contributed by atoms with Gasteiger partial charge in [0, 0.05) is 11.3 Å². The van der Waals surface area contributed by atoms with Gasteiger partial charge in [-0.2, -0.15) is 11.8 Å². The van der Waals surface area contributed by atoms with Crippen LogP contribution in [0.3, 0.4) is 0 Å². The monoisotopic (exact) mass is 253 g/mol. The predicted molar refractivity (Wildman–Crippen MR) is 73.0 cm³/mol. The largest absolute Gasteiger partial charge is 0.309 e. The molecule has 1 aliphatic rings. The number of thioether (sulfide) groups is 1. The molecule has 1 fully saturated rings. The molecule has 2 unspecified atom stereocenters. The average Bonchev–Trinajstić information content (AvgIpc) is 2.83. The van der Waals surface area contributed by atoms with Gasteiger partial charge in [-0.25, -0.2) is 4.39 Å². The fraction of sp³-hybridized carbons (Fsp3) is 0.571. The lowest BCUT2D eigenvalue weighted by Crippen LogP contribution is -2.29. The lowest BCUT2D eigenvalue weighted by Gasteiger charge is -2.24. The van der Waals surface area contributed by atoms with E-state index >= 15 is 0 Å². The van der Waals surface area contributed by atoms with E-state index < -0.39 is 0 Å². The lowest BCUT2D eigenvalue weighted by atomic mass is 9.99. The Morgan fingerprint density at radius 3 is 2.94 bits per heavy atom. The molecule has 0 aromatic heterocycles. The van der Waals surface area contributed by atoms with Crippen molar-refractivity contribution in [3.05, 3.63) is 35.1 Å². The van der Waals surface area contributed by atoms with Crippen molar-refractivity contribution in [1.82, 2.24) is 5.32 Å². The summed E-state index contributed by atoms with van der Waals surface area (Å²) >= 11 is 2.01. The Balaban J connectivity index is 2.21. The van der Waals surface area contributed by atoms with Crippen molar-refractivity contribution < 1.29 is 4.39 Å². The Morgan fingerprint density at radius 2 is 2.35 bits per heavy atom. The third kappa shape index (κ3) is 3.02. The second-order valence-electron chi connectivity index (χ2n) is 4.60. The SMILES string of the molecule is CCNC(c1ccc(C)c(F)c1)C1CCCS1. The maximum Gasteiger partial charge on any atom is 0.126 e. The molecule has 3 heteroatoms. The minimum atomic E-state index is -0.0894. The standard InChI is InChI=1S/C14H20FNS/c1-3-16-14(13-5-4-8-17-13)11-7-6-10(2)12(15)9-11/h6-7,9,13-14,16H,3-5,8H2,1-2H3. The van der Waals surface area contributed by atoms with Crippen LogP contribution in [0.5, 0.6) is 0 Å². The summed E-state index contributed by atoms with van der Waals surface area (Å²) in [6.07, 6.45) is 2.52. The second-order valence-corrected chi connectivity index (χ2v) is 5.94. The molecule has 0 bridgehead atoms. The fourth-order valence-electron chi connectivity index (χ4n) is 2.35. The minimum Gasteiger partial charge on any atom is -0.309 e. The Bertz CT molecular complexity index is 374. The first-order valence-electron chi connectivity index (χ1n) is 6.33. The van der Waals surface area contributed by atoms with Gasteiger partial charge in [0.1, 0.15) is 5.82 Å². The first-order valence-corrected chi connectivity index (χ1v) is 7.38. The van der Waals surface area contributed by atoms with E-state index in [1.54, 1.807) is 6.07 Å². The number of nitrogens with one attached hydrogen (secondary N) is 1. The molecule has 2 rings (SSSR count). The van der Waals surface area contributed by atoms with E-state index in [2.05, 4.69) is 18.3 Å². The Kier molecular flexibility index (Phi) is 4.46. The molecule has 0 spiro atoms. The van der Waals surface area contributed by atoms with Crippen molar-refractivity contribution in [2.45, 2.75) is 38.0 Å². The number of benzene rings is 1. The highest BCUT2D eigenvalue weighted by Crippen LogP contribution is 2.36. The Morgan fingerprint density at radius 1 is 1.53 bits per heavy atom. The third-order valence-electron chi connectivity index (χ3n) is 3.32. The number of hydrogen-bond donors (Lipinski definition) is 1.